The fraction of sp³-hybridized carbons (Fsp3) is 0.519. The molecular formula is C27H37NO4S2. The van der Waals surface area contributed by atoms with Crippen molar-refractivity contribution in [2.24, 2.45) is 5.92 Å². The van der Waals surface area contributed by atoms with Crippen LogP contribution in [0, 0.1) is 5.92 Å². The fourth-order valence-electron chi connectivity index (χ4n) is 3.93. The van der Waals surface area contributed by atoms with Crippen molar-refractivity contribution in [3.8, 4) is 11.5 Å². The summed E-state index contributed by atoms with van der Waals surface area (Å²) in [5.41, 5.74) is 1.81. The minimum atomic E-state index is -0.529. The number of ether oxygens (including phenoxy) is 3. The summed E-state index contributed by atoms with van der Waals surface area (Å²) >= 11 is 3.50. The summed E-state index contributed by atoms with van der Waals surface area (Å²) in [5, 5.41) is 0. The number of thioether (sulfide) groups is 2. The van der Waals surface area contributed by atoms with Crippen LogP contribution in [-0.2, 0) is 9.53 Å². The highest BCUT2D eigenvalue weighted by Gasteiger charge is 2.26. The Labute approximate surface area is 212 Å². The predicted octanol–water partition coefficient (Wildman–Crippen LogP) is 7.19. The van der Waals surface area contributed by atoms with Gasteiger partial charge in [-0.3, -0.25) is 0 Å². The smallest absolute Gasteiger partial charge is 0.344 e. The highest BCUT2D eigenvalue weighted by molar-refractivity contribution is 7.99. The first-order valence-corrected chi connectivity index (χ1v) is 14.1. The van der Waals surface area contributed by atoms with Crippen molar-refractivity contribution in [1.82, 2.24) is 0 Å². The first kappa shape index (κ1) is 26.6. The molecule has 1 atom stereocenters. The summed E-state index contributed by atoms with van der Waals surface area (Å²) in [5.74, 6) is 2.87. The van der Waals surface area contributed by atoms with Crippen molar-refractivity contribution < 1.29 is 19.0 Å². The molecule has 0 saturated heterocycles. The SMILES string of the molecule is CCCCC1CSc2cc(OCC(=O)OC(C)(C)C)c(SC)cc2N(c2ccc(OC)cc2)C1. The van der Waals surface area contributed by atoms with Crippen LogP contribution in [-0.4, -0.2) is 43.8 Å². The van der Waals surface area contributed by atoms with E-state index >= 15 is 0 Å². The molecule has 2 aromatic rings. The topological polar surface area (TPSA) is 48.0 Å². The summed E-state index contributed by atoms with van der Waals surface area (Å²) in [6.07, 6.45) is 5.68. The maximum absolute atomic E-state index is 12.2. The molecule has 2 aromatic carbocycles. The molecule has 0 N–H and O–H groups in total. The highest BCUT2D eigenvalue weighted by atomic mass is 32.2. The molecule has 1 aliphatic rings. The predicted molar refractivity (Wildman–Crippen MR) is 143 cm³/mol. The highest BCUT2D eigenvalue weighted by Crippen LogP contribution is 2.45. The lowest BCUT2D eigenvalue weighted by atomic mass is 10.0. The number of rotatable bonds is 9. The molecule has 0 spiro atoms. The van der Waals surface area contributed by atoms with Crippen molar-refractivity contribution in [3.05, 3.63) is 36.4 Å². The van der Waals surface area contributed by atoms with E-state index in [1.165, 1.54) is 29.8 Å². The molecule has 0 radical (unpaired) electrons. The largest absolute Gasteiger partial charge is 0.497 e. The molecule has 0 fully saturated rings. The van der Waals surface area contributed by atoms with Gasteiger partial charge in [0, 0.05) is 22.9 Å². The van der Waals surface area contributed by atoms with Gasteiger partial charge in [0.15, 0.2) is 6.61 Å². The molecule has 3 rings (SSSR count). The number of anilines is 2. The third kappa shape index (κ3) is 7.25. The Morgan fingerprint density at radius 2 is 1.94 bits per heavy atom. The summed E-state index contributed by atoms with van der Waals surface area (Å²) < 4.78 is 16.8. The van der Waals surface area contributed by atoms with Gasteiger partial charge in [-0.1, -0.05) is 19.8 Å². The van der Waals surface area contributed by atoms with Crippen molar-refractivity contribution in [2.45, 2.75) is 62.3 Å². The first-order chi connectivity index (χ1) is 16.2. The molecule has 1 heterocycles. The Hall–Kier alpha value is -1.99. The van der Waals surface area contributed by atoms with Gasteiger partial charge in [-0.25, -0.2) is 4.79 Å². The average Bonchev–Trinajstić information content (AvgIpc) is 2.98. The number of benzene rings is 2. The lowest BCUT2D eigenvalue weighted by Crippen LogP contribution is -2.27. The second-order valence-electron chi connectivity index (χ2n) is 9.47. The zero-order valence-electron chi connectivity index (χ0n) is 21.2. The van der Waals surface area contributed by atoms with Crippen LogP contribution >= 0.6 is 23.5 Å². The molecule has 7 heteroatoms. The summed E-state index contributed by atoms with van der Waals surface area (Å²) in [6.45, 7) is 8.70. The molecule has 186 valence electrons. The van der Waals surface area contributed by atoms with Gasteiger partial charge in [-0.2, -0.15) is 0 Å². The number of hydrogen-bond acceptors (Lipinski definition) is 7. The number of esters is 1. The number of hydrogen-bond donors (Lipinski definition) is 0. The Kier molecular flexibility index (Phi) is 9.48. The number of methoxy groups -OCH3 is 1. The molecule has 0 aromatic heterocycles. The second-order valence-corrected chi connectivity index (χ2v) is 11.4. The minimum Gasteiger partial charge on any atom is -0.497 e. The standard InChI is InChI=1S/C27H37NO4S2/c1-7-8-9-19-16-28(20-10-12-21(30-5)13-11-20)22-14-25(33-6)23(15-24(22)34-18-19)31-17-26(29)32-27(2,3)4/h10-15,19H,7-9,16-18H2,1-6H3. The monoisotopic (exact) mass is 503 g/mol. The summed E-state index contributed by atoms with van der Waals surface area (Å²) in [4.78, 5) is 16.8. The van der Waals surface area contributed by atoms with E-state index in [9.17, 15) is 4.79 Å². The fourth-order valence-corrected chi connectivity index (χ4v) is 5.67. The zero-order chi connectivity index (χ0) is 24.7. The lowest BCUT2D eigenvalue weighted by molar-refractivity contribution is -0.157. The number of carbonyl (C=O) groups is 1. The molecule has 34 heavy (non-hydrogen) atoms. The van der Waals surface area contributed by atoms with Gasteiger partial charge in [-0.05, 0) is 75.8 Å². The van der Waals surface area contributed by atoms with Crippen molar-refractivity contribution in [3.63, 3.8) is 0 Å². The molecule has 0 aliphatic carbocycles. The van der Waals surface area contributed by atoms with Crippen LogP contribution in [0.25, 0.3) is 0 Å². The third-order valence-electron chi connectivity index (χ3n) is 5.57. The van der Waals surface area contributed by atoms with E-state index in [4.69, 9.17) is 14.2 Å². The second kappa shape index (κ2) is 12.1. The molecule has 1 aliphatic heterocycles. The Bertz CT molecular complexity index is 956. The van der Waals surface area contributed by atoms with E-state index < -0.39 is 5.60 Å². The van der Waals surface area contributed by atoms with Gasteiger partial charge in [-0.15, -0.1) is 23.5 Å². The van der Waals surface area contributed by atoms with Gasteiger partial charge in [0.05, 0.1) is 17.7 Å². The zero-order valence-corrected chi connectivity index (χ0v) is 22.8. The Morgan fingerprint density at radius 3 is 2.56 bits per heavy atom. The number of unbranched alkanes of at least 4 members (excludes halogenated alkanes) is 1. The van der Waals surface area contributed by atoms with Crippen LogP contribution in [0.1, 0.15) is 47.0 Å². The van der Waals surface area contributed by atoms with Crippen molar-refractivity contribution in [1.29, 1.82) is 0 Å². The van der Waals surface area contributed by atoms with Gasteiger partial charge in [0.1, 0.15) is 17.1 Å². The van der Waals surface area contributed by atoms with E-state index in [0.29, 0.717) is 5.92 Å². The molecule has 0 amide bonds. The maximum Gasteiger partial charge on any atom is 0.344 e. The van der Waals surface area contributed by atoms with E-state index in [0.717, 1.165) is 34.4 Å². The van der Waals surface area contributed by atoms with Gasteiger partial charge < -0.3 is 19.1 Å². The van der Waals surface area contributed by atoms with Crippen LogP contribution in [0.2, 0.25) is 0 Å². The normalized spacial score (nSPS) is 15.9. The van der Waals surface area contributed by atoms with Crippen LogP contribution in [0.4, 0.5) is 11.4 Å². The minimum absolute atomic E-state index is 0.102. The van der Waals surface area contributed by atoms with Gasteiger partial charge in [0.25, 0.3) is 0 Å². The van der Waals surface area contributed by atoms with Crippen LogP contribution < -0.4 is 14.4 Å². The molecule has 5 nitrogen and oxygen atoms in total. The van der Waals surface area contributed by atoms with Crippen molar-refractivity contribution in [2.75, 3.05) is 37.2 Å². The lowest BCUT2D eigenvalue weighted by Gasteiger charge is -2.28. The summed E-state index contributed by atoms with van der Waals surface area (Å²) in [6, 6.07) is 12.6. The van der Waals surface area contributed by atoms with E-state index in [1.54, 1.807) is 18.9 Å². The third-order valence-corrected chi connectivity index (χ3v) is 7.60. The Balaban J connectivity index is 1.92. The van der Waals surface area contributed by atoms with E-state index in [1.807, 2.05) is 50.9 Å². The van der Waals surface area contributed by atoms with E-state index in [2.05, 4.69) is 36.1 Å². The average molecular weight is 504 g/mol. The van der Waals surface area contributed by atoms with Crippen LogP contribution in [0.5, 0.6) is 11.5 Å². The summed E-state index contributed by atoms with van der Waals surface area (Å²) in [7, 11) is 1.69. The first-order valence-electron chi connectivity index (χ1n) is 11.8. The van der Waals surface area contributed by atoms with Gasteiger partial charge >= 0.3 is 5.97 Å². The van der Waals surface area contributed by atoms with Crippen LogP contribution in [0.15, 0.2) is 46.2 Å². The Morgan fingerprint density at radius 1 is 1.21 bits per heavy atom. The number of fused-ring (bicyclic) bond motifs is 1. The van der Waals surface area contributed by atoms with Crippen LogP contribution in [0.3, 0.4) is 0 Å². The van der Waals surface area contributed by atoms with Crippen molar-refractivity contribution >= 4 is 40.9 Å². The molecule has 0 saturated carbocycles. The van der Waals surface area contributed by atoms with Gasteiger partial charge in [0.2, 0.25) is 0 Å². The number of carbonyl (C=O) groups excluding carboxylic acids is 1. The molecule has 0 bridgehead atoms. The molecular weight excluding hydrogens is 466 g/mol. The number of nitrogens with zero attached hydrogens (tertiary/aromatic N) is 1. The van der Waals surface area contributed by atoms with E-state index in [-0.39, 0.29) is 12.6 Å². The molecule has 1 unspecified atom stereocenters. The maximum atomic E-state index is 12.2. The quantitative estimate of drug-likeness (QED) is 0.265.